The zero-order chi connectivity index (χ0) is 13.7. The number of rotatable bonds is 3. The number of carbonyl (C=O) groups is 3. The molecule has 0 aromatic carbocycles. The van der Waals surface area contributed by atoms with E-state index in [0.29, 0.717) is 6.42 Å². The number of carbonyl (C=O) groups excluding carboxylic acids is 3. The molecule has 0 saturated carbocycles. The van der Waals surface area contributed by atoms with Crippen molar-refractivity contribution in [3.05, 3.63) is 0 Å². The molecule has 0 spiro atoms. The van der Waals surface area contributed by atoms with Crippen molar-refractivity contribution in [2.24, 2.45) is 0 Å². The van der Waals surface area contributed by atoms with Gasteiger partial charge in [-0.15, -0.1) is 0 Å². The molecule has 1 unspecified atom stereocenters. The quantitative estimate of drug-likeness (QED) is 0.527. The highest BCUT2D eigenvalue weighted by molar-refractivity contribution is 5.68. The fraction of sp³-hybridized carbons (Fsp3) is 0.727. The zero-order valence-corrected chi connectivity index (χ0v) is 10.5. The standard InChI is InChI=1S/C11H16O7/c1-6(12)16-9-4-5-15-11(18-8(3)14)10(9)17-7(2)13/h9-11H,4-5H2,1-3H3/t9-,10+,11?/m0/s1. The van der Waals surface area contributed by atoms with Crippen LogP contribution in [-0.2, 0) is 33.3 Å². The van der Waals surface area contributed by atoms with Gasteiger partial charge in [-0.2, -0.15) is 0 Å². The van der Waals surface area contributed by atoms with E-state index < -0.39 is 36.4 Å². The Morgan fingerprint density at radius 1 is 0.944 bits per heavy atom. The maximum Gasteiger partial charge on any atom is 0.305 e. The third kappa shape index (κ3) is 4.33. The SMILES string of the molecule is CC(=O)OC1OCC[C@H](OC(C)=O)[C@H]1OC(C)=O. The minimum absolute atomic E-state index is 0.244. The summed E-state index contributed by atoms with van der Waals surface area (Å²) in [7, 11) is 0. The van der Waals surface area contributed by atoms with E-state index in [1.807, 2.05) is 0 Å². The fourth-order valence-electron chi connectivity index (χ4n) is 1.66. The summed E-state index contributed by atoms with van der Waals surface area (Å²) in [6.07, 6.45) is -2.30. The van der Waals surface area contributed by atoms with E-state index in [-0.39, 0.29) is 6.61 Å². The molecular formula is C11H16O7. The molecule has 102 valence electrons. The van der Waals surface area contributed by atoms with Crippen LogP contribution in [0.15, 0.2) is 0 Å². The van der Waals surface area contributed by atoms with Crippen LogP contribution in [0.4, 0.5) is 0 Å². The van der Waals surface area contributed by atoms with Gasteiger partial charge in [0.05, 0.1) is 6.61 Å². The Morgan fingerprint density at radius 2 is 1.50 bits per heavy atom. The van der Waals surface area contributed by atoms with Crippen LogP contribution >= 0.6 is 0 Å². The fourth-order valence-corrected chi connectivity index (χ4v) is 1.66. The van der Waals surface area contributed by atoms with Gasteiger partial charge < -0.3 is 18.9 Å². The second-order valence-corrected chi connectivity index (χ2v) is 3.86. The maximum atomic E-state index is 11.0. The van der Waals surface area contributed by atoms with Crippen LogP contribution in [0.25, 0.3) is 0 Å². The lowest BCUT2D eigenvalue weighted by atomic mass is 10.1. The number of esters is 3. The van der Waals surface area contributed by atoms with E-state index in [9.17, 15) is 14.4 Å². The van der Waals surface area contributed by atoms with Crippen molar-refractivity contribution in [1.29, 1.82) is 0 Å². The lowest BCUT2D eigenvalue weighted by Crippen LogP contribution is -2.50. The van der Waals surface area contributed by atoms with Gasteiger partial charge in [0, 0.05) is 27.2 Å². The minimum Gasteiger partial charge on any atom is -0.458 e. The summed E-state index contributed by atoms with van der Waals surface area (Å²) in [6.45, 7) is 3.92. The third-order valence-corrected chi connectivity index (χ3v) is 2.22. The van der Waals surface area contributed by atoms with E-state index in [2.05, 4.69) is 0 Å². The minimum atomic E-state index is -1.05. The van der Waals surface area contributed by atoms with Crippen molar-refractivity contribution in [3.63, 3.8) is 0 Å². The first-order valence-electron chi connectivity index (χ1n) is 5.53. The average molecular weight is 260 g/mol. The molecule has 1 rings (SSSR count). The molecule has 0 radical (unpaired) electrons. The Kier molecular flexibility index (Phi) is 5.08. The molecule has 1 fully saturated rings. The summed E-state index contributed by atoms with van der Waals surface area (Å²) in [4.78, 5) is 32.9. The first kappa shape index (κ1) is 14.4. The first-order valence-corrected chi connectivity index (χ1v) is 5.53. The van der Waals surface area contributed by atoms with Crippen LogP contribution in [0.3, 0.4) is 0 Å². The first-order chi connectivity index (χ1) is 8.40. The smallest absolute Gasteiger partial charge is 0.305 e. The normalized spacial score (nSPS) is 27.2. The van der Waals surface area contributed by atoms with Gasteiger partial charge in [-0.3, -0.25) is 14.4 Å². The van der Waals surface area contributed by atoms with Crippen LogP contribution in [0.2, 0.25) is 0 Å². The van der Waals surface area contributed by atoms with E-state index in [1.165, 1.54) is 20.8 Å². The van der Waals surface area contributed by atoms with E-state index >= 15 is 0 Å². The Hall–Kier alpha value is -1.63. The van der Waals surface area contributed by atoms with Crippen LogP contribution in [0.5, 0.6) is 0 Å². The largest absolute Gasteiger partial charge is 0.458 e. The predicted octanol–water partition coefficient (Wildman–Crippen LogP) is 0.159. The van der Waals surface area contributed by atoms with Crippen LogP contribution in [0.1, 0.15) is 27.2 Å². The van der Waals surface area contributed by atoms with Crippen molar-refractivity contribution in [3.8, 4) is 0 Å². The van der Waals surface area contributed by atoms with Gasteiger partial charge in [0.1, 0.15) is 6.10 Å². The molecule has 0 aliphatic carbocycles. The van der Waals surface area contributed by atoms with Crippen LogP contribution in [-0.4, -0.2) is 43.0 Å². The molecule has 18 heavy (non-hydrogen) atoms. The van der Waals surface area contributed by atoms with Crippen LogP contribution < -0.4 is 0 Å². The molecule has 1 heterocycles. The summed E-state index contributed by atoms with van der Waals surface area (Å²) in [5, 5.41) is 0. The van der Waals surface area contributed by atoms with Gasteiger partial charge in [-0.1, -0.05) is 0 Å². The second-order valence-electron chi connectivity index (χ2n) is 3.86. The van der Waals surface area contributed by atoms with Gasteiger partial charge in [0.15, 0.2) is 0 Å². The average Bonchev–Trinajstić information content (AvgIpc) is 2.20. The van der Waals surface area contributed by atoms with Gasteiger partial charge in [-0.25, -0.2) is 0 Å². The Bertz CT molecular complexity index is 314. The molecule has 7 nitrogen and oxygen atoms in total. The Balaban J connectivity index is 2.78. The molecule has 0 amide bonds. The van der Waals surface area contributed by atoms with E-state index in [1.54, 1.807) is 0 Å². The maximum absolute atomic E-state index is 11.0. The summed E-state index contributed by atoms with van der Waals surface area (Å²) < 4.78 is 20.1. The van der Waals surface area contributed by atoms with E-state index in [0.717, 1.165) is 0 Å². The van der Waals surface area contributed by atoms with Crippen molar-refractivity contribution in [2.45, 2.75) is 45.7 Å². The lowest BCUT2D eigenvalue weighted by Gasteiger charge is -2.35. The summed E-state index contributed by atoms with van der Waals surface area (Å²) in [5.41, 5.74) is 0. The predicted molar refractivity (Wildman–Crippen MR) is 57.2 cm³/mol. The molecule has 1 saturated heterocycles. The molecule has 1 aliphatic rings. The third-order valence-electron chi connectivity index (χ3n) is 2.22. The molecule has 0 bridgehead atoms. The van der Waals surface area contributed by atoms with Gasteiger partial charge >= 0.3 is 17.9 Å². The molecule has 1 aliphatic heterocycles. The number of hydrogen-bond acceptors (Lipinski definition) is 7. The van der Waals surface area contributed by atoms with Gasteiger partial charge in [-0.05, 0) is 0 Å². The number of hydrogen-bond donors (Lipinski definition) is 0. The molecule has 3 atom stereocenters. The monoisotopic (exact) mass is 260 g/mol. The van der Waals surface area contributed by atoms with Gasteiger partial charge in [0.25, 0.3) is 0 Å². The van der Waals surface area contributed by atoms with Crippen molar-refractivity contribution in [1.82, 2.24) is 0 Å². The molecule has 0 aromatic rings. The Labute approximate surface area is 104 Å². The van der Waals surface area contributed by atoms with Crippen molar-refractivity contribution >= 4 is 17.9 Å². The molecule has 0 aromatic heterocycles. The van der Waals surface area contributed by atoms with E-state index in [4.69, 9.17) is 18.9 Å². The summed E-state index contributed by atoms with van der Waals surface area (Å²) in [5.74, 6) is -1.64. The zero-order valence-electron chi connectivity index (χ0n) is 10.5. The second kappa shape index (κ2) is 6.34. The Morgan fingerprint density at radius 3 is 2.00 bits per heavy atom. The highest BCUT2D eigenvalue weighted by Gasteiger charge is 2.41. The molecular weight excluding hydrogens is 244 g/mol. The summed E-state index contributed by atoms with van der Waals surface area (Å²) >= 11 is 0. The highest BCUT2D eigenvalue weighted by Crippen LogP contribution is 2.22. The summed E-state index contributed by atoms with van der Waals surface area (Å²) in [6, 6.07) is 0. The van der Waals surface area contributed by atoms with Gasteiger partial charge in [0.2, 0.25) is 12.4 Å². The molecule has 7 heteroatoms. The lowest BCUT2D eigenvalue weighted by molar-refractivity contribution is -0.248. The van der Waals surface area contributed by atoms with Crippen LogP contribution in [0, 0.1) is 0 Å². The molecule has 0 N–H and O–H groups in total. The topological polar surface area (TPSA) is 88.1 Å². The van der Waals surface area contributed by atoms with Crippen molar-refractivity contribution in [2.75, 3.05) is 6.61 Å². The van der Waals surface area contributed by atoms with Crippen molar-refractivity contribution < 1.29 is 33.3 Å². The highest BCUT2D eigenvalue weighted by atomic mass is 16.7. The number of ether oxygens (including phenoxy) is 4.